The Labute approximate surface area is 208 Å². The third-order valence-corrected chi connectivity index (χ3v) is 7.16. The van der Waals surface area contributed by atoms with Crippen LogP contribution in [0, 0.1) is 0 Å². The number of hydrogen-bond acceptors (Lipinski definition) is 6. The van der Waals surface area contributed by atoms with Crippen LogP contribution in [0.3, 0.4) is 0 Å². The number of thioether (sulfide) groups is 1. The monoisotopic (exact) mass is 495 g/mol. The summed E-state index contributed by atoms with van der Waals surface area (Å²) < 4.78 is 18.5. The first-order chi connectivity index (χ1) is 17.0. The molecule has 0 unspecified atom stereocenters. The van der Waals surface area contributed by atoms with Crippen LogP contribution in [0.1, 0.15) is 19.4 Å². The van der Waals surface area contributed by atoms with Gasteiger partial charge in [-0.3, -0.25) is 9.59 Å². The SMILES string of the molecule is C[C@H]1CN(C(=O)Cn2cc(SCC(=O)NCc3ccc4c(c3)OCO4)c3ccccc32)C[C@H](C)O1. The fourth-order valence-electron chi connectivity index (χ4n) is 4.53. The number of aromatic nitrogens is 1. The fraction of sp³-hybridized carbons (Fsp3) is 0.385. The molecule has 0 aliphatic carbocycles. The minimum atomic E-state index is -0.0585. The van der Waals surface area contributed by atoms with Gasteiger partial charge in [0.25, 0.3) is 0 Å². The molecule has 1 aromatic heterocycles. The highest BCUT2D eigenvalue weighted by atomic mass is 32.2. The molecule has 0 spiro atoms. The average Bonchev–Trinajstić information content (AvgIpc) is 3.45. The maximum absolute atomic E-state index is 13.0. The molecule has 1 saturated heterocycles. The van der Waals surface area contributed by atoms with Gasteiger partial charge in [-0.2, -0.15) is 0 Å². The molecule has 184 valence electrons. The van der Waals surface area contributed by atoms with Crippen LogP contribution in [0.2, 0.25) is 0 Å². The molecule has 5 rings (SSSR count). The first-order valence-corrected chi connectivity index (χ1v) is 12.7. The molecule has 3 heterocycles. The van der Waals surface area contributed by atoms with Gasteiger partial charge in [0.15, 0.2) is 11.5 Å². The Morgan fingerprint density at radius 3 is 2.66 bits per heavy atom. The van der Waals surface area contributed by atoms with E-state index in [0.717, 1.165) is 27.1 Å². The van der Waals surface area contributed by atoms with Crippen molar-refractivity contribution in [1.82, 2.24) is 14.8 Å². The van der Waals surface area contributed by atoms with Crippen molar-refractivity contribution in [2.24, 2.45) is 0 Å². The molecule has 1 fully saturated rings. The van der Waals surface area contributed by atoms with Crippen molar-refractivity contribution in [3.63, 3.8) is 0 Å². The number of para-hydroxylation sites is 1. The van der Waals surface area contributed by atoms with Crippen LogP contribution in [0.5, 0.6) is 11.5 Å². The van der Waals surface area contributed by atoms with E-state index in [0.29, 0.717) is 25.4 Å². The summed E-state index contributed by atoms with van der Waals surface area (Å²) in [6.45, 7) is 6.10. The first kappa shape index (κ1) is 23.6. The fourth-order valence-corrected chi connectivity index (χ4v) is 5.45. The lowest BCUT2D eigenvalue weighted by Crippen LogP contribution is -2.49. The molecular formula is C26H29N3O5S. The lowest BCUT2D eigenvalue weighted by molar-refractivity contribution is -0.143. The summed E-state index contributed by atoms with van der Waals surface area (Å²) in [5.41, 5.74) is 1.94. The summed E-state index contributed by atoms with van der Waals surface area (Å²) in [5.74, 6) is 1.73. The predicted octanol–water partition coefficient (Wildman–Crippen LogP) is 3.41. The second-order valence-electron chi connectivity index (χ2n) is 8.95. The number of nitrogens with zero attached hydrogens (tertiary/aromatic N) is 2. The molecule has 9 heteroatoms. The third kappa shape index (κ3) is 5.41. The zero-order chi connectivity index (χ0) is 24.4. The van der Waals surface area contributed by atoms with Crippen LogP contribution in [0.25, 0.3) is 10.9 Å². The van der Waals surface area contributed by atoms with Gasteiger partial charge in [-0.15, -0.1) is 11.8 Å². The van der Waals surface area contributed by atoms with Crippen LogP contribution in [0.15, 0.2) is 53.6 Å². The molecule has 3 aromatic rings. The molecule has 2 aromatic carbocycles. The van der Waals surface area contributed by atoms with E-state index < -0.39 is 0 Å². The highest BCUT2D eigenvalue weighted by molar-refractivity contribution is 8.00. The van der Waals surface area contributed by atoms with E-state index in [1.807, 2.05) is 72.0 Å². The van der Waals surface area contributed by atoms with E-state index in [1.165, 1.54) is 11.8 Å². The molecule has 0 radical (unpaired) electrons. The summed E-state index contributed by atoms with van der Waals surface area (Å²) in [4.78, 5) is 28.4. The number of fused-ring (bicyclic) bond motifs is 2. The van der Waals surface area contributed by atoms with E-state index >= 15 is 0 Å². The summed E-state index contributed by atoms with van der Waals surface area (Å²) in [6, 6.07) is 13.6. The zero-order valence-electron chi connectivity index (χ0n) is 19.9. The number of rotatable bonds is 7. The molecule has 2 amide bonds. The largest absolute Gasteiger partial charge is 0.454 e. The van der Waals surface area contributed by atoms with Crippen LogP contribution in [-0.4, -0.2) is 59.1 Å². The number of hydrogen-bond donors (Lipinski definition) is 1. The summed E-state index contributed by atoms with van der Waals surface area (Å²) in [6.07, 6.45) is 2.05. The van der Waals surface area contributed by atoms with Gasteiger partial charge in [0.1, 0.15) is 6.54 Å². The minimum Gasteiger partial charge on any atom is -0.454 e. The quantitative estimate of drug-likeness (QED) is 0.506. The second-order valence-corrected chi connectivity index (χ2v) is 9.96. The van der Waals surface area contributed by atoms with Crippen molar-refractivity contribution in [2.75, 3.05) is 25.6 Å². The maximum atomic E-state index is 13.0. The number of carbonyl (C=O) groups is 2. The number of benzene rings is 2. The van der Waals surface area contributed by atoms with Gasteiger partial charge in [0, 0.05) is 41.6 Å². The number of ether oxygens (including phenoxy) is 3. The predicted molar refractivity (Wildman–Crippen MR) is 134 cm³/mol. The Balaban J connectivity index is 1.21. The van der Waals surface area contributed by atoms with Gasteiger partial charge in [0.05, 0.1) is 18.0 Å². The Kier molecular flexibility index (Phi) is 6.88. The molecule has 2 atom stereocenters. The molecule has 8 nitrogen and oxygen atoms in total. The summed E-state index contributed by atoms with van der Waals surface area (Å²) in [7, 11) is 0. The highest BCUT2D eigenvalue weighted by Crippen LogP contribution is 2.33. The van der Waals surface area contributed by atoms with Crippen LogP contribution < -0.4 is 14.8 Å². The van der Waals surface area contributed by atoms with Crippen molar-refractivity contribution in [1.29, 1.82) is 0 Å². The van der Waals surface area contributed by atoms with E-state index in [1.54, 1.807) is 0 Å². The smallest absolute Gasteiger partial charge is 0.242 e. The lowest BCUT2D eigenvalue weighted by atomic mass is 10.2. The Morgan fingerprint density at radius 1 is 1.06 bits per heavy atom. The van der Waals surface area contributed by atoms with Gasteiger partial charge in [-0.05, 0) is 37.6 Å². The van der Waals surface area contributed by atoms with Crippen molar-refractivity contribution >= 4 is 34.5 Å². The van der Waals surface area contributed by atoms with E-state index in [9.17, 15) is 9.59 Å². The molecule has 0 saturated carbocycles. The highest BCUT2D eigenvalue weighted by Gasteiger charge is 2.26. The van der Waals surface area contributed by atoms with Crippen LogP contribution in [-0.2, 0) is 27.4 Å². The Bertz CT molecular complexity index is 1230. The van der Waals surface area contributed by atoms with Gasteiger partial charge in [-0.25, -0.2) is 0 Å². The zero-order valence-corrected chi connectivity index (χ0v) is 20.7. The molecule has 2 aliphatic heterocycles. The number of morpholine rings is 1. The second kappa shape index (κ2) is 10.2. The van der Waals surface area contributed by atoms with Crippen LogP contribution >= 0.6 is 11.8 Å². The van der Waals surface area contributed by atoms with Gasteiger partial charge >= 0.3 is 0 Å². The lowest BCUT2D eigenvalue weighted by Gasteiger charge is -2.35. The average molecular weight is 496 g/mol. The topological polar surface area (TPSA) is 82.0 Å². The van der Waals surface area contributed by atoms with E-state index in [4.69, 9.17) is 14.2 Å². The van der Waals surface area contributed by atoms with Crippen molar-refractivity contribution in [3.8, 4) is 11.5 Å². The number of amides is 2. The molecule has 2 aliphatic rings. The van der Waals surface area contributed by atoms with Crippen molar-refractivity contribution in [3.05, 3.63) is 54.2 Å². The van der Waals surface area contributed by atoms with Gasteiger partial charge in [-0.1, -0.05) is 24.3 Å². The first-order valence-electron chi connectivity index (χ1n) is 11.8. The standard InChI is InChI=1S/C26H29N3O5S/c1-17-11-29(12-18(2)34-17)26(31)14-28-13-24(20-5-3-4-6-21(20)28)35-15-25(30)27-10-19-7-8-22-23(9-19)33-16-32-22/h3-9,13,17-18H,10-12,14-16H2,1-2H3,(H,27,30)/t17-,18-/m0/s1. The molecule has 35 heavy (non-hydrogen) atoms. The molecule has 0 bridgehead atoms. The summed E-state index contributed by atoms with van der Waals surface area (Å²) in [5, 5.41) is 4.00. The van der Waals surface area contributed by atoms with Gasteiger partial charge < -0.3 is 29.0 Å². The number of nitrogens with one attached hydrogen (secondary N) is 1. The van der Waals surface area contributed by atoms with Crippen molar-refractivity contribution in [2.45, 2.75) is 44.0 Å². The molecular weight excluding hydrogens is 466 g/mol. The minimum absolute atomic E-state index is 0.0337. The van der Waals surface area contributed by atoms with Crippen LogP contribution in [0.4, 0.5) is 0 Å². The molecule has 1 N–H and O–H groups in total. The van der Waals surface area contributed by atoms with Crippen molar-refractivity contribution < 1.29 is 23.8 Å². The van der Waals surface area contributed by atoms with E-state index in [-0.39, 0.29) is 43.1 Å². The third-order valence-electron chi connectivity index (χ3n) is 6.12. The Morgan fingerprint density at radius 2 is 1.83 bits per heavy atom. The van der Waals surface area contributed by atoms with E-state index in [2.05, 4.69) is 5.32 Å². The normalized spacial score (nSPS) is 19.2. The Hall–Kier alpha value is -3.17. The maximum Gasteiger partial charge on any atom is 0.242 e. The summed E-state index contributed by atoms with van der Waals surface area (Å²) >= 11 is 1.48. The number of carbonyl (C=O) groups excluding carboxylic acids is 2. The van der Waals surface area contributed by atoms with Gasteiger partial charge in [0.2, 0.25) is 18.6 Å².